The van der Waals surface area contributed by atoms with E-state index in [1.165, 1.54) is 6.92 Å². The van der Waals surface area contributed by atoms with Gasteiger partial charge in [0.05, 0.1) is 12.2 Å². The van der Waals surface area contributed by atoms with Gasteiger partial charge in [0.15, 0.2) is 6.10 Å². The summed E-state index contributed by atoms with van der Waals surface area (Å²) in [4.78, 5) is 11.1. The summed E-state index contributed by atoms with van der Waals surface area (Å²) < 4.78 is 43.6. The molecule has 0 spiro atoms. The number of aliphatic hydroxyl groups is 2. The van der Waals surface area contributed by atoms with Gasteiger partial charge in [-0.1, -0.05) is 0 Å². The van der Waals surface area contributed by atoms with Crippen LogP contribution in [0.2, 0.25) is 0 Å². The van der Waals surface area contributed by atoms with Crippen LogP contribution in [0.4, 0.5) is 13.2 Å². The van der Waals surface area contributed by atoms with Crippen molar-refractivity contribution < 1.29 is 32.9 Å². The van der Waals surface area contributed by atoms with Gasteiger partial charge in [-0.2, -0.15) is 0 Å². The zero-order chi connectivity index (χ0) is 13.9. The topological polar surface area (TPSA) is 66.8 Å². The molecule has 7 heteroatoms. The highest BCUT2D eigenvalue weighted by molar-refractivity contribution is 5.75. The lowest BCUT2D eigenvalue weighted by Crippen LogP contribution is -2.31. The minimum atomic E-state index is -2.18. The van der Waals surface area contributed by atoms with Crippen molar-refractivity contribution in [2.75, 3.05) is 6.61 Å². The first-order chi connectivity index (χ1) is 8.38. The summed E-state index contributed by atoms with van der Waals surface area (Å²) in [6, 6.07) is 0.666. The summed E-state index contributed by atoms with van der Waals surface area (Å²) in [5, 5.41) is 18.8. The van der Waals surface area contributed by atoms with Gasteiger partial charge in [0.25, 0.3) is 0 Å². The zero-order valence-corrected chi connectivity index (χ0v) is 9.36. The van der Waals surface area contributed by atoms with Crippen LogP contribution in [-0.4, -0.2) is 28.9 Å². The minimum Gasteiger partial charge on any atom is -0.464 e. The summed E-state index contributed by atoms with van der Waals surface area (Å²) in [5.41, 5.74) is -0.989. The van der Waals surface area contributed by atoms with Crippen molar-refractivity contribution in [3.63, 3.8) is 0 Å². The number of carbonyl (C=O) groups excluding carboxylic acids is 1. The molecule has 0 amide bonds. The molecular weight excluding hydrogens is 253 g/mol. The van der Waals surface area contributed by atoms with Crippen LogP contribution in [0.1, 0.15) is 18.6 Å². The number of esters is 1. The van der Waals surface area contributed by atoms with Crippen molar-refractivity contribution in [2.24, 2.45) is 0 Å². The molecule has 0 radical (unpaired) electrons. The number of rotatable bonds is 4. The first-order valence-corrected chi connectivity index (χ1v) is 5.05. The lowest BCUT2D eigenvalue weighted by atomic mass is 10.0. The molecule has 0 fully saturated rings. The highest BCUT2D eigenvalue weighted by Gasteiger charge is 2.31. The molecule has 2 N–H and O–H groups in total. The Morgan fingerprint density at radius 2 is 1.78 bits per heavy atom. The summed E-state index contributed by atoms with van der Waals surface area (Å²) in [6.07, 6.45) is -4.33. The molecule has 4 nitrogen and oxygen atoms in total. The standard InChI is InChI=1S/C11H11F3O4/c1-2-18-11(17)10(16)9(15)8-6(13)3-5(12)4-7(8)14/h3-4,9-10,15-16H,2H2,1H3. The third kappa shape index (κ3) is 2.99. The maximum absolute atomic E-state index is 13.3. The van der Waals surface area contributed by atoms with Crippen LogP contribution < -0.4 is 0 Å². The molecule has 2 atom stereocenters. The Balaban J connectivity index is 3.03. The number of benzene rings is 1. The van der Waals surface area contributed by atoms with Crippen LogP contribution in [0.3, 0.4) is 0 Å². The molecule has 1 aromatic rings. The minimum absolute atomic E-state index is 0.0724. The van der Waals surface area contributed by atoms with Gasteiger partial charge in [-0.05, 0) is 6.92 Å². The number of carbonyl (C=O) groups is 1. The van der Waals surface area contributed by atoms with Crippen LogP contribution in [0.15, 0.2) is 12.1 Å². The van der Waals surface area contributed by atoms with Gasteiger partial charge in [-0.3, -0.25) is 0 Å². The second-order valence-electron chi connectivity index (χ2n) is 3.42. The van der Waals surface area contributed by atoms with Crippen LogP contribution in [0, 0.1) is 17.5 Å². The Kier molecular flexibility index (Phi) is 4.69. The maximum Gasteiger partial charge on any atom is 0.338 e. The summed E-state index contributed by atoms with van der Waals surface area (Å²) in [5.74, 6) is -5.20. The first kappa shape index (κ1) is 14.5. The van der Waals surface area contributed by atoms with Crippen molar-refractivity contribution in [3.05, 3.63) is 35.1 Å². The van der Waals surface area contributed by atoms with Gasteiger partial charge >= 0.3 is 5.97 Å². The fourth-order valence-corrected chi connectivity index (χ4v) is 1.35. The number of hydrogen-bond donors (Lipinski definition) is 2. The monoisotopic (exact) mass is 264 g/mol. The third-order valence-electron chi connectivity index (χ3n) is 2.17. The average Bonchev–Trinajstić information content (AvgIpc) is 2.26. The molecule has 100 valence electrons. The Labute approximate surface area is 101 Å². The van der Waals surface area contributed by atoms with Crippen LogP contribution in [0.5, 0.6) is 0 Å². The van der Waals surface area contributed by atoms with E-state index < -0.39 is 41.2 Å². The van der Waals surface area contributed by atoms with E-state index in [0.29, 0.717) is 12.1 Å². The number of halogens is 3. The molecule has 1 aromatic carbocycles. The zero-order valence-electron chi connectivity index (χ0n) is 9.36. The van der Waals surface area contributed by atoms with Gasteiger partial charge in [-0.15, -0.1) is 0 Å². The molecule has 0 aliphatic carbocycles. The maximum atomic E-state index is 13.3. The van der Waals surface area contributed by atoms with E-state index in [1.54, 1.807) is 0 Å². The largest absolute Gasteiger partial charge is 0.464 e. The highest BCUT2D eigenvalue weighted by atomic mass is 19.1. The third-order valence-corrected chi connectivity index (χ3v) is 2.17. The second kappa shape index (κ2) is 5.83. The molecule has 0 bridgehead atoms. The quantitative estimate of drug-likeness (QED) is 0.798. The molecule has 0 saturated heterocycles. The molecule has 0 aliphatic rings. The van der Waals surface area contributed by atoms with Crippen molar-refractivity contribution in [1.29, 1.82) is 0 Å². The van der Waals surface area contributed by atoms with Gasteiger partial charge < -0.3 is 14.9 Å². The van der Waals surface area contributed by atoms with Gasteiger partial charge in [0, 0.05) is 12.1 Å². The van der Waals surface area contributed by atoms with E-state index in [2.05, 4.69) is 4.74 Å². The van der Waals surface area contributed by atoms with Gasteiger partial charge in [0.1, 0.15) is 23.6 Å². The Hall–Kier alpha value is -1.60. The Morgan fingerprint density at radius 3 is 2.22 bits per heavy atom. The lowest BCUT2D eigenvalue weighted by molar-refractivity contribution is -0.159. The summed E-state index contributed by atoms with van der Waals surface area (Å²) in [6.45, 7) is 1.38. The van der Waals surface area contributed by atoms with Gasteiger partial charge in [0.2, 0.25) is 0 Å². The normalized spacial score (nSPS) is 14.1. The SMILES string of the molecule is CCOC(=O)C(O)C(O)c1c(F)cc(F)cc1F. The van der Waals surface area contributed by atoms with Crippen molar-refractivity contribution in [2.45, 2.75) is 19.1 Å². The lowest BCUT2D eigenvalue weighted by Gasteiger charge is -2.17. The number of ether oxygens (including phenoxy) is 1. The van der Waals surface area contributed by atoms with E-state index >= 15 is 0 Å². The molecule has 18 heavy (non-hydrogen) atoms. The predicted molar refractivity (Wildman–Crippen MR) is 53.9 cm³/mol. The van der Waals surface area contributed by atoms with Crippen LogP contribution in [-0.2, 0) is 9.53 Å². The van der Waals surface area contributed by atoms with Crippen LogP contribution in [0.25, 0.3) is 0 Å². The molecule has 1 rings (SSSR count). The number of aliphatic hydroxyl groups excluding tert-OH is 2. The molecule has 0 aliphatic heterocycles. The van der Waals surface area contributed by atoms with E-state index in [0.717, 1.165) is 0 Å². The molecular formula is C11H11F3O4. The van der Waals surface area contributed by atoms with Crippen molar-refractivity contribution in [1.82, 2.24) is 0 Å². The number of hydrogen-bond acceptors (Lipinski definition) is 4. The van der Waals surface area contributed by atoms with Crippen molar-refractivity contribution >= 4 is 5.97 Å². The highest BCUT2D eigenvalue weighted by Crippen LogP contribution is 2.25. The smallest absolute Gasteiger partial charge is 0.338 e. The van der Waals surface area contributed by atoms with Gasteiger partial charge in [-0.25, -0.2) is 18.0 Å². The van der Waals surface area contributed by atoms with E-state index in [1.807, 2.05) is 0 Å². The summed E-state index contributed by atoms with van der Waals surface area (Å²) in [7, 11) is 0. The fraction of sp³-hybridized carbons (Fsp3) is 0.364. The van der Waals surface area contributed by atoms with E-state index in [9.17, 15) is 28.2 Å². The van der Waals surface area contributed by atoms with E-state index in [4.69, 9.17) is 0 Å². The fourth-order valence-electron chi connectivity index (χ4n) is 1.35. The first-order valence-electron chi connectivity index (χ1n) is 5.05. The average molecular weight is 264 g/mol. The molecule has 0 saturated carbocycles. The van der Waals surface area contributed by atoms with Crippen LogP contribution >= 0.6 is 0 Å². The Bertz CT molecular complexity index is 427. The molecule has 0 heterocycles. The molecule has 2 unspecified atom stereocenters. The van der Waals surface area contributed by atoms with E-state index in [-0.39, 0.29) is 6.61 Å². The molecule has 0 aromatic heterocycles. The predicted octanol–water partition coefficient (Wildman–Crippen LogP) is 1.06. The van der Waals surface area contributed by atoms with Crippen molar-refractivity contribution in [3.8, 4) is 0 Å². The second-order valence-corrected chi connectivity index (χ2v) is 3.42. The Morgan fingerprint density at radius 1 is 1.28 bits per heavy atom. The summed E-state index contributed by atoms with van der Waals surface area (Å²) >= 11 is 0.